The lowest BCUT2D eigenvalue weighted by atomic mass is 9.95. The number of likely N-dealkylation sites (tertiary alicyclic amines) is 2. The first-order valence-corrected chi connectivity index (χ1v) is 26.5. The standard InChI is InChI=1S/C29H36ClN5O4.C27H32ClN5O4/c1-17-7-8-22-20(13-31-32-22)26(17)19-11-25-23(12-21(19)30)35(27(36)24(38-25)9-10-33(5)6)16-18-14-34(15-18)28(37)39-29(2,3)4;1-15-5-6-20-18(11-30-31-20)24(15)17-9-23-21(10-19(17)28)33(25(34)22(36-23)7-8-29)14-16-12-32(13-16)26(35)37-27(2,3)4/h7-8,11-13,18,24H,9-10,14-16H2,1-6H3,(H,31,32);5-6,9-11,16,22H,7-8,12-14,29H2,1-4H3,(H,30,31)/t24-;22-/m00/s1. The molecule has 4 aliphatic heterocycles. The number of nitrogens with one attached hydrogen (secondary N) is 2. The minimum Gasteiger partial charge on any atom is -0.478 e. The van der Waals surface area contributed by atoms with Crippen molar-refractivity contribution in [1.82, 2.24) is 35.1 Å². The van der Waals surface area contributed by atoms with Gasteiger partial charge in [-0.3, -0.25) is 19.8 Å². The average molecular weight is 1080 g/mol. The molecule has 0 radical (unpaired) electrons. The molecule has 0 saturated carbocycles. The summed E-state index contributed by atoms with van der Waals surface area (Å²) in [5.74, 6) is 1.22. The maximum Gasteiger partial charge on any atom is 0.410 e. The highest BCUT2D eigenvalue weighted by Gasteiger charge is 2.43. The number of ether oxygens (including phenoxy) is 4. The van der Waals surface area contributed by atoms with Crippen molar-refractivity contribution >= 4 is 80.4 Å². The summed E-state index contributed by atoms with van der Waals surface area (Å²) in [5, 5.41) is 17.4. The first kappa shape index (κ1) is 54.2. The highest BCUT2D eigenvalue weighted by Crippen LogP contribution is 2.47. The Labute approximate surface area is 453 Å². The molecule has 2 aromatic heterocycles. The van der Waals surface area contributed by atoms with Crippen LogP contribution >= 0.6 is 23.2 Å². The maximum absolute atomic E-state index is 13.7. The molecule has 404 valence electrons. The number of nitrogens with two attached hydrogens (primary N) is 1. The summed E-state index contributed by atoms with van der Waals surface area (Å²) >= 11 is 13.7. The van der Waals surface area contributed by atoms with Gasteiger partial charge in [0.1, 0.15) is 22.7 Å². The van der Waals surface area contributed by atoms with Gasteiger partial charge in [0.2, 0.25) is 0 Å². The summed E-state index contributed by atoms with van der Waals surface area (Å²) in [6.45, 7) is 19.2. The zero-order chi connectivity index (χ0) is 54.5. The lowest BCUT2D eigenvalue weighted by Crippen LogP contribution is -2.57. The van der Waals surface area contributed by atoms with Gasteiger partial charge >= 0.3 is 12.2 Å². The van der Waals surface area contributed by atoms with Gasteiger partial charge in [-0.25, -0.2) is 9.59 Å². The largest absolute Gasteiger partial charge is 0.478 e. The van der Waals surface area contributed by atoms with Crippen LogP contribution < -0.4 is 25.0 Å². The van der Waals surface area contributed by atoms with Gasteiger partial charge in [0.15, 0.2) is 12.2 Å². The van der Waals surface area contributed by atoms with Gasteiger partial charge in [-0.1, -0.05) is 35.3 Å². The molecule has 2 atom stereocenters. The van der Waals surface area contributed by atoms with Crippen LogP contribution in [0.5, 0.6) is 11.5 Å². The van der Waals surface area contributed by atoms with Gasteiger partial charge < -0.3 is 49.2 Å². The van der Waals surface area contributed by atoms with E-state index >= 15 is 0 Å². The third-order valence-electron chi connectivity index (χ3n) is 13.9. The second-order valence-corrected chi connectivity index (χ2v) is 23.4. The van der Waals surface area contributed by atoms with E-state index in [1.165, 1.54) is 0 Å². The van der Waals surface area contributed by atoms with Crippen LogP contribution in [0.1, 0.15) is 65.5 Å². The second-order valence-electron chi connectivity index (χ2n) is 22.6. The molecule has 4 amide bonds. The van der Waals surface area contributed by atoms with E-state index in [9.17, 15) is 19.2 Å². The zero-order valence-corrected chi connectivity index (χ0v) is 46.4. The van der Waals surface area contributed by atoms with E-state index < -0.39 is 23.4 Å². The Kier molecular flexibility index (Phi) is 15.3. The predicted octanol–water partition coefficient (Wildman–Crippen LogP) is 9.61. The SMILES string of the molecule is Cc1ccc2[nH]ncc2c1-c1cc2c(cc1Cl)N(CC1CN(C(=O)OC(C)(C)C)C1)C(=O)[C@H](CCN(C)C)O2.Cc1ccc2[nH]ncc2c1-c1cc2c(cc1Cl)N(CC1CN(C(=O)OC(C)(C)C)C1)C(=O)[C@H](CCN)O2. The third kappa shape index (κ3) is 11.4. The number of rotatable bonds is 11. The Morgan fingerprint density at radius 2 is 1.09 bits per heavy atom. The van der Waals surface area contributed by atoms with E-state index in [1.54, 1.807) is 38.1 Å². The summed E-state index contributed by atoms with van der Waals surface area (Å²) in [6.07, 6.45) is 2.59. The Balaban J connectivity index is 0.000000186. The van der Waals surface area contributed by atoms with Crippen LogP contribution in [0.4, 0.5) is 21.0 Å². The van der Waals surface area contributed by atoms with Crippen LogP contribution in [0, 0.1) is 25.7 Å². The number of amides is 4. The van der Waals surface area contributed by atoms with Crippen molar-refractivity contribution in [2.24, 2.45) is 17.6 Å². The summed E-state index contributed by atoms with van der Waals surface area (Å²) < 4.78 is 23.5. The van der Waals surface area contributed by atoms with E-state index in [1.807, 2.05) is 117 Å². The van der Waals surface area contributed by atoms with Crippen molar-refractivity contribution in [3.8, 4) is 33.8 Å². The number of carbonyl (C=O) groups is 4. The normalized spacial score (nSPS) is 17.9. The fraction of sp³-hybridized carbons (Fsp3) is 0.464. The van der Waals surface area contributed by atoms with Crippen molar-refractivity contribution in [2.45, 2.75) is 91.6 Å². The number of nitrogens with zero attached hydrogens (tertiary/aromatic N) is 7. The molecule has 4 N–H and O–H groups in total. The fourth-order valence-electron chi connectivity index (χ4n) is 10.1. The molecule has 6 heterocycles. The van der Waals surface area contributed by atoms with Crippen LogP contribution in [0.2, 0.25) is 10.0 Å². The van der Waals surface area contributed by atoms with Crippen LogP contribution in [0.25, 0.3) is 44.1 Å². The minimum absolute atomic E-state index is 0.0861. The van der Waals surface area contributed by atoms with E-state index in [0.717, 1.165) is 55.2 Å². The zero-order valence-electron chi connectivity index (χ0n) is 44.9. The molecule has 0 aliphatic carbocycles. The molecular formula is C56H68Cl2N10O8. The number of fused-ring (bicyclic) bond motifs is 4. The predicted molar refractivity (Wildman–Crippen MR) is 296 cm³/mol. The number of hydrogen-bond donors (Lipinski definition) is 3. The van der Waals surface area contributed by atoms with Gasteiger partial charge in [-0.15, -0.1) is 0 Å². The number of anilines is 2. The van der Waals surface area contributed by atoms with Gasteiger partial charge in [0, 0.05) is 92.4 Å². The van der Waals surface area contributed by atoms with Crippen molar-refractivity contribution in [1.29, 1.82) is 0 Å². The van der Waals surface area contributed by atoms with Crippen LogP contribution in [0.3, 0.4) is 0 Å². The summed E-state index contributed by atoms with van der Waals surface area (Å²) in [6, 6.07) is 15.5. The molecule has 76 heavy (non-hydrogen) atoms. The topological polar surface area (TPSA) is 205 Å². The van der Waals surface area contributed by atoms with E-state index in [2.05, 4.69) is 20.4 Å². The van der Waals surface area contributed by atoms with Crippen LogP contribution in [-0.2, 0) is 19.1 Å². The number of H-pyrrole nitrogens is 2. The van der Waals surface area contributed by atoms with Crippen molar-refractivity contribution in [3.05, 3.63) is 82.1 Å². The molecule has 20 heteroatoms. The molecule has 4 aromatic carbocycles. The Hall–Kier alpha value is -6.60. The summed E-state index contributed by atoms with van der Waals surface area (Å²) in [7, 11) is 3.95. The first-order chi connectivity index (χ1) is 36.0. The third-order valence-corrected chi connectivity index (χ3v) is 14.5. The number of halogens is 2. The van der Waals surface area contributed by atoms with Gasteiger partial charge in [-0.2, -0.15) is 10.2 Å². The van der Waals surface area contributed by atoms with E-state index in [-0.39, 0.29) is 35.8 Å². The van der Waals surface area contributed by atoms with Crippen LogP contribution in [0.15, 0.2) is 60.9 Å². The quantitative estimate of drug-likeness (QED) is 0.111. The van der Waals surface area contributed by atoms with Gasteiger partial charge in [0.05, 0.1) is 44.8 Å². The molecule has 18 nitrogen and oxygen atoms in total. The second kappa shape index (κ2) is 21.4. The molecule has 2 saturated heterocycles. The van der Waals surface area contributed by atoms with Gasteiger partial charge in [0.25, 0.3) is 11.8 Å². The highest BCUT2D eigenvalue weighted by atomic mass is 35.5. The fourth-order valence-corrected chi connectivity index (χ4v) is 10.7. The molecule has 0 spiro atoms. The van der Waals surface area contributed by atoms with E-state index in [0.29, 0.717) is 98.1 Å². The molecule has 6 aromatic rings. The van der Waals surface area contributed by atoms with Crippen molar-refractivity contribution < 1.29 is 38.1 Å². The highest BCUT2D eigenvalue weighted by molar-refractivity contribution is 6.35. The number of carbonyl (C=O) groups excluding carboxylic acids is 4. The number of aryl methyl sites for hydroxylation is 2. The summed E-state index contributed by atoms with van der Waals surface area (Å²) in [5.41, 5.74) is 13.5. The Morgan fingerprint density at radius 1 is 0.684 bits per heavy atom. The lowest BCUT2D eigenvalue weighted by Gasteiger charge is -2.43. The number of hydrogen-bond acceptors (Lipinski definition) is 12. The number of aromatic amines is 2. The number of aromatic nitrogens is 4. The molecular weight excluding hydrogens is 1010 g/mol. The average Bonchev–Trinajstić information content (AvgIpc) is 3.99. The molecule has 0 unspecified atom stereocenters. The molecule has 2 fully saturated rings. The Morgan fingerprint density at radius 3 is 1.47 bits per heavy atom. The maximum atomic E-state index is 13.7. The first-order valence-electron chi connectivity index (χ1n) is 25.8. The van der Waals surface area contributed by atoms with Crippen LogP contribution in [-0.4, -0.2) is 149 Å². The van der Waals surface area contributed by atoms with Crippen molar-refractivity contribution in [3.63, 3.8) is 0 Å². The van der Waals surface area contributed by atoms with Crippen molar-refractivity contribution in [2.75, 3.05) is 76.3 Å². The molecule has 4 aliphatic rings. The smallest absolute Gasteiger partial charge is 0.410 e. The summed E-state index contributed by atoms with van der Waals surface area (Å²) in [4.78, 5) is 60.8. The molecule has 0 bridgehead atoms. The number of benzene rings is 4. The van der Waals surface area contributed by atoms with Gasteiger partial charge in [-0.05, 0) is 135 Å². The lowest BCUT2D eigenvalue weighted by molar-refractivity contribution is -0.127. The Bertz CT molecular complexity index is 3190. The van der Waals surface area contributed by atoms with E-state index in [4.69, 9.17) is 47.9 Å². The minimum atomic E-state index is -0.681. The monoisotopic (exact) mass is 1080 g/mol. The molecule has 10 rings (SSSR count).